The summed E-state index contributed by atoms with van der Waals surface area (Å²) in [4.78, 5) is 13.0. The van der Waals surface area contributed by atoms with Gasteiger partial charge in [0.05, 0.1) is 6.54 Å². The minimum Gasteiger partial charge on any atom is -0.357 e. The van der Waals surface area contributed by atoms with Crippen molar-refractivity contribution in [1.29, 1.82) is 0 Å². The molecule has 0 aromatic carbocycles. The second-order valence-corrected chi connectivity index (χ2v) is 9.81. The molecule has 1 aliphatic carbocycles. The average molecular weight is 549 g/mol. The van der Waals surface area contributed by atoms with Gasteiger partial charge in [0.1, 0.15) is 0 Å². The molecule has 0 amide bonds. The summed E-state index contributed by atoms with van der Waals surface area (Å²) in [5, 5.41) is 7.12. The van der Waals surface area contributed by atoms with E-state index in [2.05, 4.69) is 39.3 Å². The van der Waals surface area contributed by atoms with Crippen molar-refractivity contribution in [1.82, 2.24) is 25.3 Å². The number of aliphatic imine (C=N–C) groups is 1. The van der Waals surface area contributed by atoms with E-state index in [4.69, 9.17) is 4.99 Å². The first kappa shape index (κ1) is 27.1. The number of nitrogens with zero attached hydrogens (tertiary/aromatic N) is 4. The van der Waals surface area contributed by atoms with Gasteiger partial charge in [-0.05, 0) is 85.2 Å². The van der Waals surface area contributed by atoms with E-state index in [1.165, 1.54) is 110 Å². The molecule has 3 fully saturated rings. The fourth-order valence-corrected chi connectivity index (χ4v) is 5.55. The van der Waals surface area contributed by atoms with Gasteiger partial charge in [-0.25, -0.2) is 0 Å². The van der Waals surface area contributed by atoms with Crippen LogP contribution in [0.5, 0.6) is 0 Å². The first-order valence-electron chi connectivity index (χ1n) is 12.9. The van der Waals surface area contributed by atoms with Crippen LogP contribution in [0.3, 0.4) is 0 Å². The fourth-order valence-electron chi connectivity index (χ4n) is 5.55. The normalized spacial score (nSPS) is 24.3. The highest BCUT2D eigenvalue weighted by Gasteiger charge is 2.38. The van der Waals surface area contributed by atoms with Crippen LogP contribution in [0.15, 0.2) is 4.99 Å². The highest BCUT2D eigenvalue weighted by atomic mass is 127. The van der Waals surface area contributed by atoms with Crippen LogP contribution in [0, 0.1) is 0 Å². The van der Waals surface area contributed by atoms with Crippen molar-refractivity contribution in [3.63, 3.8) is 0 Å². The number of guanidine groups is 1. The molecule has 2 aliphatic heterocycles. The van der Waals surface area contributed by atoms with Crippen molar-refractivity contribution in [2.24, 2.45) is 4.99 Å². The van der Waals surface area contributed by atoms with E-state index in [0.717, 1.165) is 25.6 Å². The molecule has 2 N–H and O–H groups in total. The molecule has 0 aromatic heterocycles. The zero-order valence-electron chi connectivity index (χ0n) is 20.3. The molecule has 2 saturated heterocycles. The predicted octanol–water partition coefficient (Wildman–Crippen LogP) is 3.38. The molecule has 0 atom stereocenters. The zero-order valence-corrected chi connectivity index (χ0v) is 22.7. The van der Waals surface area contributed by atoms with Crippen LogP contribution < -0.4 is 10.6 Å². The van der Waals surface area contributed by atoms with Crippen molar-refractivity contribution in [3.05, 3.63) is 0 Å². The lowest BCUT2D eigenvalue weighted by Gasteiger charge is -2.47. The number of halogens is 1. The Morgan fingerprint density at radius 1 is 0.839 bits per heavy atom. The molecule has 1 saturated carbocycles. The molecule has 6 nitrogen and oxygen atoms in total. The number of rotatable bonds is 8. The molecule has 0 spiro atoms. The van der Waals surface area contributed by atoms with E-state index >= 15 is 0 Å². The molecule has 31 heavy (non-hydrogen) atoms. The van der Waals surface area contributed by atoms with Gasteiger partial charge in [0.2, 0.25) is 0 Å². The summed E-state index contributed by atoms with van der Waals surface area (Å²) < 4.78 is 0. The van der Waals surface area contributed by atoms with E-state index in [-0.39, 0.29) is 24.0 Å². The third-order valence-electron chi connectivity index (χ3n) is 7.44. The van der Waals surface area contributed by atoms with Gasteiger partial charge >= 0.3 is 0 Å². The van der Waals surface area contributed by atoms with Gasteiger partial charge in [-0.1, -0.05) is 25.7 Å². The van der Waals surface area contributed by atoms with Crippen molar-refractivity contribution in [2.75, 3.05) is 72.5 Å². The molecule has 3 aliphatic rings. The maximum Gasteiger partial charge on any atom is 0.191 e. The van der Waals surface area contributed by atoms with Crippen LogP contribution in [0.4, 0.5) is 0 Å². The lowest BCUT2D eigenvalue weighted by Crippen LogP contribution is -2.54. The van der Waals surface area contributed by atoms with Crippen LogP contribution in [0.25, 0.3) is 0 Å². The standard InChI is InChI=1S/C24H48N6.HI/c1-3-25-23(26-14-10-16-29-17-11-15-28(2)20-21-29)27-22-24(12-6-4-7-13-24)30-18-8-5-9-19-30;/h3-22H2,1-2H3,(H2,25,26,27);1H. The average Bonchev–Trinajstić information content (AvgIpc) is 3.00. The lowest BCUT2D eigenvalue weighted by molar-refractivity contribution is 0.0407. The largest absolute Gasteiger partial charge is 0.357 e. The molecule has 3 rings (SSSR count). The first-order valence-corrected chi connectivity index (χ1v) is 12.9. The van der Waals surface area contributed by atoms with Crippen LogP contribution in [0.1, 0.15) is 71.1 Å². The van der Waals surface area contributed by atoms with Crippen molar-refractivity contribution < 1.29 is 0 Å². The smallest absolute Gasteiger partial charge is 0.191 e. The Kier molecular flexibility index (Phi) is 13.0. The van der Waals surface area contributed by atoms with Gasteiger partial charge < -0.3 is 20.4 Å². The van der Waals surface area contributed by atoms with Gasteiger partial charge in [0.25, 0.3) is 0 Å². The topological polar surface area (TPSA) is 46.1 Å². The Labute approximate surface area is 209 Å². The third kappa shape index (κ3) is 8.97. The molecular weight excluding hydrogens is 499 g/mol. The number of likely N-dealkylation sites (N-methyl/N-ethyl adjacent to an activating group) is 1. The maximum atomic E-state index is 5.13. The maximum absolute atomic E-state index is 5.13. The highest BCUT2D eigenvalue weighted by Crippen LogP contribution is 2.35. The molecule has 0 bridgehead atoms. The summed E-state index contributed by atoms with van der Waals surface area (Å²) in [5.74, 6) is 1.02. The summed E-state index contributed by atoms with van der Waals surface area (Å²) in [6.45, 7) is 13.7. The van der Waals surface area contributed by atoms with Gasteiger partial charge in [-0.2, -0.15) is 0 Å². The number of piperidine rings is 1. The molecule has 2 heterocycles. The lowest BCUT2D eigenvalue weighted by atomic mass is 9.79. The fraction of sp³-hybridized carbons (Fsp3) is 0.958. The zero-order chi connectivity index (χ0) is 21.1. The summed E-state index contributed by atoms with van der Waals surface area (Å²) in [7, 11) is 2.24. The van der Waals surface area contributed by atoms with Gasteiger partial charge in [-0.15, -0.1) is 24.0 Å². The van der Waals surface area contributed by atoms with Crippen LogP contribution in [-0.2, 0) is 0 Å². The Morgan fingerprint density at radius 2 is 1.58 bits per heavy atom. The van der Waals surface area contributed by atoms with E-state index in [1.807, 2.05) is 0 Å². The minimum absolute atomic E-state index is 0. The van der Waals surface area contributed by atoms with Crippen LogP contribution in [-0.4, -0.2) is 98.7 Å². The summed E-state index contributed by atoms with van der Waals surface area (Å²) in [6.07, 6.45) is 13.5. The van der Waals surface area contributed by atoms with E-state index < -0.39 is 0 Å². The summed E-state index contributed by atoms with van der Waals surface area (Å²) in [5.41, 5.74) is 0.319. The Bertz CT molecular complexity index is 502. The molecule has 182 valence electrons. The number of nitrogens with one attached hydrogen (secondary N) is 2. The van der Waals surface area contributed by atoms with Crippen LogP contribution >= 0.6 is 24.0 Å². The van der Waals surface area contributed by atoms with E-state index in [9.17, 15) is 0 Å². The number of likely N-dealkylation sites (tertiary alicyclic amines) is 1. The van der Waals surface area contributed by atoms with Gasteiger partial charge in [-0.3, -0.25) is 9.89 Å². The van der Waals surface area contributed by atoms with E-state index in [1.54, 1.807) is 0 Å². The molecular formula is C24H49IN6. The molecule has 0 unspecified atom stereocenters. The second-order valence-electron chi connectivity index (χ2n) is 9.81. The number of hydrogen-bond donors (Lipinski definition) is 2. The highest BCUT2D eigenvalue weighted by molar-refractivity contribution is 14.0. The third-order valence-corrected chi connectivity index (χ3v) is 7.44. The first-order chi connectivity index (χ1) is 14.7. The van der Waals surface area contributed by atoms with Gasteiger partial charge in [0.15, 0.2) is 5.96 Å². The number of hydrogen-bond acceptors (Lipinski definition) is 4. The Balaban J connectivity index is 0.00000341. The van der Waals surface area contributed by atoms with Crippen LogP contribution in [0.2, 0.25) is 0 Å². The minimum atomic E-state index is 0. The molecule has 7 heteroatoms. The van der Waals surface area contributed by atoms with Crippen molar-refractivity contribution in [2.45, 2.75) is 76.7 Å². The second kappa shape index (κ2) is 14.9. The summed E-state index contributed by atoms with van der Waals surface area (Å²) >= 11 is 0. The Morgan fingerprint density at radius 3 is 2.32 bits per heavy atom. The predicted molar refractivity (Wildman–Crippen MR) is 144 cm³/mol. The monoisotopic (exact) mass is 548 g/mol. The van der Waals surface area contributed by atoms with Gasteiger partial charge in [0, 0.05) is 31.7 Å². The molecule has 0 aromatic rings. The molecule has 0 radical (unpaired) electrons. The van der Waals surface area contributed by atoms with Crippen molar-refractivity contribution in [3.8, 4) is 0 Å². The van der Waals surface area contributed by atoms with Crippen molar-refractivity contribution >= 4 is 29.9 Å². The SMILES string of the molecule is CCNC(=NCC1(N2CCCCC2)CCCCC1)NCCCN1CCCN(C)CC1.I. The van der Waals surface area contributed by atoms with E-state index in [0.29, 0.717) is 5.54 Å². The quantitative estimate of drug-likeness (QED) is 0.211. The Hall–Kier alpha value is -0.120. The summed E-state index contributed by atoms with van der Waals surface area (Å²) in [6, 6.07) is 0.